The van der Waals surface area contributed by atoms with Crippen molar-refractivity contribution in [2.45, 2.75) is 0 Å². The van der Waals surface area contributed by atoms with E-state index < -0.39 is 38.3 Å². The molecule has 0 saturated carbocycles. The molecule has 0 heterocycles. The lowest BCUT2D eigenvalue weighted by atomic mass is 10.2. The highest BCUT2D eigenvalue weighted by Crippen LogP contribution is 2.27. The fourth-order valence-electron chi connectivity index (χ4n) is 0.892. The molecule has 1 aromatic carbocycles. The van der Waals surface area contributed by atoms with Gasteiger partial charge in [-0.2, -0.15) is 12.8 Å². The van der Waals surface area contributed by atoms with E-state index >= 15 is 0 Å². The van der Waals surface area contributed by atoms with Crippen LogP contribution in [0.15, 0.2) is 23.4 Å². The Morgan fingerprint density at radius 3 is 2.25 bits per heavy atom. The third-order valence-corrected chi connectivity index (χ3v) is 2.22. The summed E-state index contributed by atoms with van der Waals surface area (Å²) >= 11 is 0. The highest BCUT2D eigenvalue weighted by atomic mass is 32.2. The summed E-state index contributed by atoms with van der Waals surface area (Å²) in [4.78, 5) is 0. The third kappa shape index (κ3) is 2.39. The summed E-state index contributed by atoms with van der Waals surface area (Å²) < 4.78 is 79.8. The van der Waals surface area contributed by atoms with Gasteiger partial charge in [-0.1, -0.05) is 6.07 Å². The molecule has 1 rings (SSSR count). The molecule has 1 N–H and O–H groups in total. The lowest BCUT2D eigenvalue weighted by molar-refractivity contribution is 0.470. The predicted molar refractivity (Wildman–Crippen MR) is 47.0 cm³/mol. The molecule has 0 unspecified atom stereocenters. The summed E-state index contributed by atoms with van der Waals surface area (Å²) in [6.07, 6.45) is 0. The molecule has 8 heteroatoms. The predicted octanol–water partition coefficient (Wildman–Crippen LogP) is 2.42. The van der Waals surface area contributed by atoms with Crippen LogP contribution >= 0.6 is 0 Å². The smallest absolute Gasteiger partial charge is 0.280 e. The highest BCUT2D eigenvalue weighted by Gasteiger charge is 2.24. The molecule has 0 amide bonds. The quantitative estimate of drug-likeness (QED) is 0.653. The SMILES string of the molecule is O=S(=O)(O)C(F)=C(F)c1cccc(F)c1F. The Kier molecular flexibility index (Phi) is 3.34. The van der Waals surface area contributed by atoms with Gasteiger partial charge in [0.2, 0.25) is 0 Å². The first-order chi connectivity index (χ1) is 7.25. The first-order valence-electron chi connectivity index (χ1n) is 3.72. The molecule has 0 aliphatic rings. The number of halogens is 4. The van der Waals surface area contributed by atoms with Gasteiger partial charge < -0.3 is 0 Å². The van der Waals surface area contributed by atoms with Crippen LogP contribution in [-0.4, -0.2) is 13.0 Å². The largest absolute Gasteiger partial charge is 0.324 e. The van der Waals surface area contributed by atoms with Crippen LogP contribution in [0.1, 0.15) is 5.56 Å². The second-order valence-electron chi connectivity index (χ2n) is 2.66. The molecule has 0 aliphatic heterocycles. The number of benzene rings is 1. The maximum atomic E-state index is 13.0. The van der Waals surface area contributed by atoms with E-state index in [9.17, 15) is 26.0 Å². The first-order valence-corrected chi connectivity index (χ1v) is 5.16. The van der Waals surface area contributed by atoms with Crippen molar-refractivity contribution < 1.29 is 30.5 Å². The maximum absolute atomic E-state index is 13.0. The molecule has 88 valence electrons. The van der Waals surface area contributed by atoms with Crippen LogP contribution in [0.2, 0.25) is 0 Å². The van der Waals surface area contributed by atoms with Crippen molar-refractivity contribution in [1.29, 1.82) is 0 Å². The maximum Gasteiger partial charge on any atom is 0.324 e. The van der Waals surface area contributed by atoms with Gasteiger partial charge >= 0.3 is 10.1 Å². The van der Waals surface area contributed by atoms with E-state index in [1.807, 2.05) is 0 Å². The molecular formula is C8H4F4O3S. The minimum absolute atomic E-state index is 0.624. The monoisotopic (exact) mass is 256 g/mol. The van der Waals surface area contributed by atoms with Gasteiger partial charge in [-0.25, -0.2) is 13.2 Å². The lowest BCUT2D eigenvalue weighted by Gasteiger charge is -2.01. The number of hydrogen-bond acceptors (Lipinski definition) is 2. The Labute approximate surface area is 87.8 Å². The Balaban J connectivity index is 3.47. The molecule has 3 nitrogen and oxygen atoms in total. The standard InChI is InChI=1S/C8H4F4O3S/c9-5-3-1-2-4(6(5)10)7(11)8(12)16(13,14)15/h1-3H,(H,13,14,15). The summed E-state index contributed by atoms with van der Waals surface area (Å²) in [5.74, 6) is -5.42. The molecule has 16 heavy (non-hydrogen) atoms. The van der Waals surface area contributed by atoms with Crippen LogP contribution in [0, 0.1) is 11.6 Å². The molecule has 0 radical (unpaired) electrons. The summed E-state index contributed by atoms with van der Waals surface area (Å²) in [6, 6.07) is 2.11. The number of hydrogen-bond donors (Lipinski definition) is 1. The van der Waals surface area contributed by atoms with E-state index in [-0.39, 0.29) is 0 Å². The van der Waals surface area contributed by atoms with Crippen molar-refractivity contribution in [1.82, 2.24) is 0 Å². The van der Waals surface area contributed by atoms with Crippen LogP contribution in [0.3, 0.4) is 0 Å². The summed E-state index contributed by atoms with van der Waals surface area (Å²) in [5, 5.41) is -2.57. The van der Waals surface area contributed by atoms with E-state index in [0.717, 1.165) is 6.07 Å². The molecular weight excluding hydrogens is 252 g/mol. The molecule has 0 atom stereocenters. The second-order valence-corrected chi connectivity index (χ2v) is 3.97. The van der Waals surface area contributed by atoms with Crippen LogP contribution in [-0.2, 0) is 10.1 Å². The summed E-state index contributed by atoms with van der Waals surface area (Å²) in [7, 11) is -5.43. The van der Waals surface area contributed by atoms with Crippen molar-refractivity contribution in [3.63, 3.8) is 0 Å². The van der Waals surface area contributed by atoms with Gasteiger partial charge in [0.25, 0.3) is 5.16 Å². The van der Waals surface area contributed by atoms with Gasteiger partial charge in [-0.15, -0.1) is 0 Å². The van der Waals surface area contributed by atoms with Crippen LogP contribution in [0.4, 0.5) is 17.6 Å². The topological polar surface area (TPSA) is 54.4 Å². The van der Waals surface area contributed by atoms with Crippen LogP contribution in [0.5, 0.6) is 0 Å². The average molecular weight is 256 g/mol. The van der Waals surface area contributed by atoms with Crippen molar-refractivity contribution >= 4 is 15.9 Å². The molecule has 0 saturated heterocycles. The van der Waals surface area contributed by atoms with Gasteiger partial charge in [0.1, 0.15) is 0 Å². The van der Waals surface area contributed by atoms with Crippen LogP contribution in [0.25, 0.3) is 5.83 Å². The Bertz CT molecular complexity index is 550. The fourth-order valence-corrected chi connectivity index (χ4v) is 1.23. The van der Waals surface area contributed by atoms with E-state index in [0.29, 0.717) is 12.1 Å². The van der Waals surface area contributed by atoms with Crippen LogP contribution < -0.4 is 0 Å². The van der Waals surface area contributed by atoms with E-state index in [2.05, 4.69) is 0 Å². The second kappa shape index (κ2) is 4.22. The molecule has 0 aromatic heterocycles. The molecule has 0 aliphatic carbocycles. The summed E-state index contributed by atoms with van der Waals surface area (Å²) in [6.45, 7) is 0. The van der Waals surface area contributed by atoms with Crippen molar-refractivity contribution in [3.8, 4) is 0 Å². The fraction of sp³-hybridized carbons (Fsp3) is 0. The molecule has 0 bridgehead atoms. The third-order valence-electron chi connectivity index (χ3n) is 1.59. The summed E-state index contributed by atoms with van der Waals surface area (Å²) in [5.41, 5.74) is -1.23. The zero-order valence-electron chi connectivity index (χ0n) is 7.42. The molecule has 0 spiro atoms. The van der Waals surface area contributed by atoms with E-state index in [1.165, 1.54) is 0 Å². The van der Waals surface area contributed by atoms with E-state index in [1.54, 1.807) is 0 Å². The van der Waals surface area contributed by atoms with Crippen molar-refractivity contribution in [2.24, 2.45) is 0 Å². The Hall–Kier alpha value is -1.41. The van der Waals surface area contributed by atoms with Gasteiger partial charge in [0.15, 0.2) is 17.5 Å². The van der Waals surface area contributed by atoms with Gasteiger partial charge in [-0.05, 0) is 12.1 Å². The van der Waals surface area contributed by atoms with E-state index in [4.69, 9.17) is 4.55 Å². The minimum atomic E-state index is -5.43. The molecule has 1 aromatic rings. The zero-order chi connectivity index (χ0) is 12.5. The normalized spacial score (nSPS) is 13.6. The van der Waals surface area contributed by atoms with Gasteiger partial charge in [0, 0.05) is 0 Å². The van der Waals surface area contributed by atoms with Crippen molar-refractivity contribution in [2.75, 3.05) is 0 Å². The first kappa shape index (κ1) is 12.7. The van der Waals surface area contributed by atoms with Crippen molar-refractivity contribution in [3.05, 3.63) is 40.6 Å². The lowest BCUT2D eigenvalue weighted by Crippen LogP contribution is -2.01. The number of rotatable bonds is 2. The average Bonchev–Trinajstić information content (AvgIpc) is 2.18. The molecule has 0 fully saturated rings. The zero-order valence-corrected chi connectivity index (χ0v) is 8.23. The highest BCUT2D eigenvalue weighted by molar-refractivity contribution is 7.89. The Morgan fingerprint density at radius 1 is 1.19 bits per heavy atom. The van der Waals surface area contributed by atoms with Gasteiger partial charge in [-0.3, -0.25) is 4.55 Å². The minimum Gasteiger partial charge on any atom is -0.280 e. The van der Waals surface area contributed by atoms with Gasteiger partial charge in [0.05, 0.1) is 5.56 Å². The Morgan fingerprint density at radius 2 is 1.75 bits per heavy atom.